The number of nitrogens with two attached hydrogens (primary N) is 1. The Morgan fingerprint density at radius 2 is 2.12 bits per heavy atom. The van der Waals surface area contributed by atoms with Crippen molar-refractivity contribution >= 4 is 27.3 Å². The third-order valence-corrected chi connectivity index (χ3v) is 3.35. The van der Waals surface area contributed by atoms with Gasteiger partial charge < -0.3 is 5.73 Å². The van der Waals surface area contributed by atoms with Gasteiger partial charge in [-0.25, -0.2) is 13.1 Å². The van der Waals surface area contributed by atoms with Crippen LogP contribution in [0.1, 0.15) is 5.56 Å². The average Bonchev–Trinajstić information content (AvgIpc) is 2.13. The van der Waals surface area contributed by atoms with Crippen molar-refractivity contribution in [2.45, 2.75) is 11.8 Å². The maximum absolute atomic E-state index is 11.8. The number of rotatable bonds is 4. The van der Waals surface area contributed by atoms with Crippen LogP contribution in [0.4, 0.5) is 5.69 Å². The molecule has 0 amide bonds. The molecule has 3 N–H and O–H groups in total. The van der Waals surface area contributed by atoms with Crippen LogP contribution in [0.15, 0.2) is 34.7 Å². The number of benzene rings is 1. The summed E-state index contributed by atoms with van der Waals surface area (Å²) in [5.74, 6) is 0. The lowest BCUT2D eigenvalue weighted by Gasteiger charge is -2.07. The highest BCUT2D eigenvalue weighted by molar-refractivity contribution is 7.89. The van der Waals surface area contributed by atoms with Gasteiger partial charge in [-0.15, -0.1) is 0 Å². The molecule has 0 atom stereocenters. The number of nitrogens with one attached hydrogen (secondary N) is 1. The first-order valence-electron chi connectivity index (χ1n) is 4.51. The number of nitrogen functional groups attached to an aromatic ring is 1. The first kappa shape index (κ1) is 13.0. The molecule has 0 spiro atoms. The Balaban J connectivity index is 3.02. The van der Waals surface area contributed by atoms with Crippen molar-refractivity contribution in [2.75, 3.05) is 12.3 Å². The summed E-state index contributed by atoms with van der Waals surface area (Å²) in [6.45, 7) is 5.17. The molecule has 0 aliphatic rings. The Hall–Kier alpha value is -1.04. The monoisotopic (exact) mass is 260 g/mol. The molecule has 4 nitrogen and oxygen atoms in total. The number of halogens is 1. The van der Waals surface area contributed by atoms with Crippen molar-refractivity contribution in [3.8, 4) is 0 Å². The van der Waals surface area contributed by atoms with Crippen LogP contribution in [0.3, 0.4) is 0 Å². The van der Waals surface area contributed by atoms with Crippen LogP contribution in [0.25, 0.3) is 0 Å². The van der Waals surface area contributed by atoms with E-state index in [0.29, 0.717) is 5.69 Å². The molecule has 0 fully saturated rings. The highest BCUT2D eigenvalue weighted by atomic mass is 35.5. The molecule has 16 heavy (non-hydrogen) atoms. The number of aryl methyl sites for hydroxylation is 1. The van der Waals surface area contributed by atoms with Crippen LogP contribution in [0, 0.1) is 6.92 Å². The summed E-state index contributed by atoms with van der Waals surface area (Å²) in [4.78, 5) is 0.128. The SMILES string of the molecule is C=C(Cl)CNS(=O)(=O)c1cc(C)cc(N)c1. The van der Waals surface area contributed by atoms with Gasteiger partial charge in [-0.1, -0.05) is 18.2 Å². The molecule has 88 valence electrons. The minimum Gasteiger partial charge on any atom is -0.399 e. The van der Waals surface area contributed by atoms with Gasteiger partial charge >= 0.3 is 0 Å². The van der Waals surface area contributed by atoms with E-state index in [-0.39, 0.29) is 16.5 Å². The Morgan fingerprint density at radius 1 is 1.50 bits per heavy atom. The van der Waals surface area contributed by atoms with E-state index < -0.39 is 10.0 Å². The topological polar surface area (TPSA) is 72.2 Å². The largest absolute Gasteiger partial charge is 0.399 e. The van der Waals surface area contributed by atoms with E-state index in [1.165, 1.54) is 12.1 Å². The van der Waals surface area contributed by atoms with E-state index >= 15 is 0 Å². The molecule has 1 rings (SSSR count). The summed E-state index contributed by atoms with van der Waals surface area (Å²) in [6.07, 6.45) is 0. The zero-order valence-electron chi connectivity index (χ0n) is 8.83. The lowest BCUT2D eigenvalue weighted by Crippen LogP contribution is -2.25. The highest BCUT2D eigenvalue weighted by Crippen LogP contribution is 2.16. The first-order chi connectivity index (χ1) is 7.31. The quantitative estimate of drug-likeness (QED) is 0.808. The maximum atomic E-state index is 11.8. The van der Waals surface area contributed by atoms with Gasteiger partial charge in [0.1, 0.15) is 0 Å². The fourth-order valence-electron chi connectivity index (χ4n) is 1.19. The van der Waals surface area contributed by atoms with Crippen LogP contribution in [0.5, 0.6) is 0 Å². The number of sulfonamides is 1. The van der Waals surface area contributed by atoms with E-state index in [2.05, 4.69) is 11.3 Å². The van der Waals surface area contributed by atoms with E-state index in [4.69, 9.17) is 17.3 Å². The standard InChI is InChI=1S/C10H13ClN2O2S/c1-7-3-9(12)5-10(4-7)16(14,15)13-6-8(2)11/h3-5,13H,2,6,12H2,1H3. The zero-order valence-corrected chi connectivity index (χ0v) is 10.4. The summed E-state index contributed by atoms with van der Waals surface area (Å²) in [5, 5.41) is 0.226. The minimum atomic E-state index is -3.58. The molecule has 0 saturated heterocycles. The Morgan fingerprint density at radius 3 is 2.62 bits per heavy atom. The lowest BCUT2D eigenvalue weighted by atomic mass is 10.2. The smallest absolute Gasteiger partial charge is 0.240 e. The van der Waals surface area contributed by atoms with Gasteiger partial charge in [-0.3, -0.25) is 0 Å². The highest BCUT2D eigenvalue weighted by Gasteiger charge is 2.14. The summed E-state index contributed by atoms with van der Waals surface area (Å²) < 4.78 is 25.9. The Bertz CT molecular complexity index is 491. The van der Waals surface area contributed by atoms with Gasteiger partial charge in [-0.05, 0) is 30.7 Å². The van der Waals surface area contributed by atoms with Crippen molar-refractivity contribution < 1.29 is 8.42 Å². The molecule has 1 aromatic rings. The summed E-state index contributed by atoms with van der Waals surface area (Å²) >= 11 is 5.49. The van der Waals surface area contributed by atoms with Crippen LogP contribution in [-0.4, -0.2) is 15.0 Å². The van der Waals surface area contributed by atoms with E-state index in [0.717, 1.165) is 5.56 Å². The number of hydrogen-bond donors (Lipinski definition) is 2. The molecular formula is C10H13ClN2O2S. The molecule has 0 aliphatic carbocycles. The van der Waals surface area contributed by atoms with E-state index in [1.807, 2.05) is 0 Å². The summed E-state index contributed by atoms with van der Waals surface area (Å²) in [6, 6.07) is 4.63. The first-order valence-corrected chi connectivity index (χ1v) is 6.37. The predicted molar refractivity (Wildman–Crippen MR) is 65.8 cm³/mol. The minimum absolute atomic E-state index is 0.00225. The fourth-order valence-corrected chi connectivity index (χ4v) is 2.50. The molecule has 0 aromatic heterocycles. The molecule has 0 heterocycles. The molecule has 0 radical (unpaired) electrons. The Labute approximate surface area is 100 Å². The third-order valence-electron chi connectivity index (χ3n) is 1.84. The van der Waals surface area contributed by atoms with Crippen LogP contribution < -0.4 is 10.5 Å². The van der Waals surface area contributed by atoms with Crippen molar-refractivity contribution in [3.63, 3.8) is 0 Å². The number of anilines is 1. The van der Waals surface area contributed by atoms with Crippen molar-refractivity contribution in [3.05, 3.63) is 35.4 Å². The molecule has 6 heteroatoms. The molecule has 0 saturated carbocycles. The normalized spacial score (nSPS) is 11.4. The van der Waals surface area contributed by atoms with Gasteiger partial charge in [0.25, 0.3) is 0 Å². The second kappa shape index (κ2) is 4.86. The van der Waals surface area contributed by atoms with Gasteiger partial charge in [0.15, 0.2) is 0 Å². The summed E-state index contributed by atoms with van der Waals surface area (Å²) in [7, 11) is -3.58. The zero-order chi connectivity index (χ0) is 12.3. The van der Waals surface area contributed by atoms with Crippen LogP contribution in [-0.2, 0) is 10.0 Å². The van der Waals surface area contributed by atoms with Crippen LogP contribution in [0.2, 0.25) is 0 Å². The maximum Gasteiger partial charge on any atom is 0.240 e. The summed E-state index contributed by atoms with van der Waals surface area (Å²) in [5.41, 5.74) is 6.77. The molecule has 1 aromatic carbocycles. The molecular weight excluding hydrogens is 248 g/mol. The number of hydrogen-bond acceptors (Lipinski definition) is 3. The fraction of sp³-hybridized carbons (Fsp3) is 0.200. The second-order valence-electron chi connectivity index (χ2n) is 3.42. The second-order valence-corrected chi connectivity index (χ2v) is 5.72. The van der Waals surface area contributed by atoms with Gasteiger partial charge in [0.05, 0.1) is 4.90 Å². The molecule has 0 aliphatic heterocycles. The molecule has 0 bridgehead atoms. The third kappa shape index (κ3) is 3.52. The van der Waals surface area contributed by atoms with E-state index in [1.54, 1.807) is 13.0 Å². The van der Waals surface area contributed by atoms with Gasteiger partial charge in [0.2, 0.25) is 10.0 Å². The van der Waals surface area contributed by atoms with Crippen molar-refractivity contribution in [1.82, 2.24) is 4.72 Å². The van der Waals surface area contributed by atoms with Crippen LogP contribution >= 0.6 is 11.6 Å². The van der Waals surface area contributed by atoms with Gasteiger partial charge in [-0.2, -0.15) is 0 Å². The van der Waals surface area contributed by atoms with Crippen molar-refractivity contribution in [2.24, 2.45) is 0 Å². The predicted octanol–water partition coefficient (Wildman–Crippen LogP) is 1.61. The lowest BCUT2D eigenvalue weighted by molar-refractivity contribution is 0.585. The Kier molecular flexibility index (Phi) is 3.96. The van der Waals surface area contributed by atoms with E-state index in [9.17, 15) is 8.42 Å². The van der Waals surface area contributed by atoms with Gasteiger partial charge in [0, 0.05) is 17.3 Å². The van der Waals surface area contributed by atoms with Crippen molar-refractivity contribution in [1.29, 1.82) is 0 Å². The average molecular weight is 261 g/mol. The molecule has 0 unspecified atom stereocenters.